The standard InChI is InChI=1S/C24H30N2O7/c1-26-22(14-7-8-17(30-3)18(11-14)31-4)21(23(27)25-9-10-29-2)15-12-19(32-5)20(33-6)13-16(15)24(26)28/h7-8,11-13,21-22H,9-10H2,1-6H3,(H,25,27). The second-order valence-electron chi connectivity index (χ2n) is 7.53. The Kier molecular flexibility index (Phi) is 7.65. The van der Waals surface area contributed by atoms with E-state index in [-0.39, 0.29) is 11.8 Å². The molecule has 1 heterocycles. The molecule has 178 valence electrons. The minimum Gasteiger partial charge on any atom is -0.493 e. The van der Waals surface area contributed by atoms with Crippen molar-refractivity contribution in [2.45, 2.75) is 12.0 Å². The van der Waals surface area contributed by atoms with E-state index in [9.17, 15) is 9.59 Å². The summed E-state index contributed by atoms with van der Waals surface area (Å²) >= 11 is 0. The summed E-state index contributed by atoms with van der Waals surface area (Å²) in [5.74, 6) is 0.741. The first-order chi connectivity index (χ1) is 15.9. The van der Waals surface area contributed by atoms with E-state index >= 15 is 0 Å². The van der Waals surface area contributed by atoms with E-state index in [1.165, 1.54) is 14.2 Å². The highest BCUT2D eigenvalue weighted by Crippen LogP contribution is 2.46. The van der Waals surface area contributed by atoms with Gasteiger partial charge in [0.1, 0.15) is 0 Å². The molecule has 1 N–H and O–H groups in total. The van der Waals surface area contributed by atoms with Gasteiger partial charge in [0.15, 0.2) is 23.0 Å². The molecular formula is C24H30N2O7. The fourth-order valence-corrected chi connectivity index (χ4v) is 4.17. The average Bonchev–Trinajstić information content (AvgIpc) is 2.84. The summed E-state index contributed by atoms with van der Waals surface area (Å²) in [7, 11) is 9.36. The van der Waals surface area contributed by atoms with Crippen LogP contribution in [0.2, 0.25) is 0 Å². The Labute approximate surface area is 193 Å². The van der Waals surface area contributed by atoms with Crippen LogP contribution in [0.1, 0.15) is 33.4 Å². The number of nitrogens with one attached hydrogen (secondary N) is 1. The second kappa shape index (κ2) is 10.4. The van der Waals surface area contributed by atoms with Gasteiger partial charge in [0.25, 0.3) is 5.91 Å². The highest BCUT2D eigenvalue weighted by molar-refractivity contribution is 6.02. The number of hydrogen-bond donors (Lipinski definition) is 1. The quantitative estimate of drug-likeness (QED) is 0.577. The maximum absolute atomic E-state index is 13.5. The summed E-state index contributed by atoms with van der Waals surface area (Å²) in [4.78, 5) is 28.4. The third-order valence-corrected chi connectivity index (χ3v) is 5.81. The Morgan fingerprint density at radius 2 is 1.52 bits per heavy atom. The van der Waals surface area contributed by atoms with Crippen LogP contribution in [-0.2, 0) is 9.53 Å². The molecule has 2 atom stereocenters. The van der Waals surface area contributed by atoms with Crippen LogP contribution in [0, 0.1) is 0 Å². The molecule has 2 amide bonds. The molecule has 9 nitrogen and oxygen atoms in total. The van der Waals surface area contributed by atoms with Crippen molar-refractivity contribution in [2.75, 3.05) is 55.7 Å². The highest BCUT2D eigenvalue weighted by Gasteiger charge is 2.43. The molecule has 2 aromatic rings. The fourth-order valence-electron chi connectivity index (χ4n) is 4.17. The maximum Gasteiger partial charge on any atom is 0.254 e. The molecule has 0 fully saturated rings. The van der Waals surface area contributed by atoms with Crippen LogP contribution in [0.5, 0.6) is 23.0 Å². The van der Waals surface area contributed by atoms with Gasteiger partial charge in [-0.2, -0.15) is 0 Å². The largest absolute Gasteiger partial charge is 0.493 e. The van der Waals surface area contributed by atoms with Gasteiger partial charge in [0.05, 0.1) is 47.0 Å². The van der Waals surface area contributed by atoms with Crippen LogP contribution in [-0.4, -0.2) is 72.5 Å². The lowest BCUT2D eigenvalue weighted by Gasteiger charge is -2.40. The molecule has 33 heavy (non-hydrogen) atoms. The van der Waals surface area contributed by atoms with Gasteiger partial charge in [-0.3, -0.25) is 9.59 Å². The van der Waals surface area contributed by atoms with E-state index < -0.39 is 12.0 Å². The first-order valence-corrected chi connectivity index (χ1v) is 10.4. The van der Waals surface area contributed by atoms with Crippen LogP contribution < -0.4 is 24.3 Å². The zero-order valence-electron chi connectivity index (χ0n) is 19.8. The number of hydrogen-bond acceptors (Lipinski definition) is 7. The molecule has 0 spiro atoms. The van der Waals surface area contributed by atoms with Crippen LogP contribution in [0.3, 0.4) is 0 Å². The van der Waals surface area contributed by atoms with Crippen molar-refractivity contribution in [3.8, 4) is 23.0 Å². The van der Waals surface area contributed by atoms with E-state index in [4.69, 9.17) is 23.7 Å². The normalized spacial score (nSPS) is 17.3. The number of rotatable bonds is 9. The predicted molar refractivity (Wildman–Crippen MR) is 122 cm³/mol. The number of nitrogens with zero attached hydrogens (tertiary/aromatic N) is 1. The highest BCUT2D eigenvalue weighted by atomic mass is 16.5. The zero-order valence-corrected chi connectivity index (χ0v) is 19.8. The SMILES string of the molecule is COCCNC(=O)C1c2cc(OC)c(OC)cc2C(=O)N(C)C1c1ccc(OC)c(OC)c1. The summed E-state index contributed by atoms with van der Waals surface area (Å²) in [5, 5.41) is 2.92. The minimum absolute atomic E-state index is 0.230. The molecule has 0 aliphatic carbocycles. The molecule has 3 rings (SSSR count). The minimum atomic E-state index is -0.711. The number of amides is 2. The van der Waals surface area contributed by atoms with Crippen molar-refractivity contribution < 1.29 is 33.3 Å². The van der Waals surface area contributed by atoms with Crippen molar-refractivity contribution in [3.63, 3.8) is 0 Å². The van der Waals surface area contributed by atoms with Crippen molar-refractivity contribution in [3.05, 3.63) is 47.0 Å². The van der Waals surface area contributed by atoms with Crippen molar-refractivity contribution in [2.24, 2.45) is 0 Å². The van der Waals surface area contributed by atoms with Gasteiger partial charge in [-0.25, -0.2) is 0 Å². The van der Waals surface area contributed by atoms with Gasteiger partial charge < -0.3 is 33.9 Å². The number of methoxy groups -OCH3 is 5. The Balaban J connectivity index is 2.19. The van der Waals surface area contributed by atoms with E-state index in [1.54, 1.807) is 57.5 Å². The Hall–Kier alpha value is -3.46. The van der Waals surface area contributed by atoms with E-state index in [1.807, 2.05) is 6.07 Å². The van der Waals surface area contributed by atoms with Gasteiger partial charge in [0, 0.05) is 26.3 Å². The van der Waals surface area contributed by atoms with E-state index in [0.717, 1.165) is 5.56 Å². The molecule has 2 unspecified atom stereocenters. The lowest BCUT2D eigenvalue weighted by atomic mass is 9.79. The number of likely N-dealkylation sites (N-methyl/N-ethyl adjacent to an activating group) is 1. The van der Waals surface area contributed by atoms with Crippen LogP contribution in [0.25, 0.3) is 0 Å². The Morgan fingerprint density at radius 1 is 0.909 bits per heavy atom. The summed E-state index contributed by atoms with van der Waals surface area (Å²) in [5.41, 5.74) is 1.68. The number of fused-ring (bicyclic) bond motifs is 1. The van der Waals surface area contributed by atoms with Crippen LogP contribution in [0.4, 0.5) is 0 Å². The first kappa shape index (κ1) is 24.2. The molecule has 0 radical (unpaired) electrons. The fraction of sp³-hybridized carbons (Fsp3) is 0.417. The van der Waals surface area contributed by atoms with Crippen molar-refractivity contribution in [1.82, 2.24) is 10.2 Å². The van der Waals surface area contributed by atoms with Gasteiger partial charge in [-0.1, -0.05) is 6.07 Å². The number of ether oxygens (including phenoxy) is 5. The van der Waals surface area contributed by atoms with Gasteiger partial charge >= 0.3 is 0 Å². The maximum atomic E-state index is 13.5. The van der Waals surface area contributed by atoms with E-state index in [2.05, 4.69) is 5.32 Å². The molecular weight excluding hydrogens is 428 g/mol. The molecule has 2 aromatic carbocycles. The first-order valence-electron chi connectivity index (χ1n) is 10.4. The van der Waals surface area contributed by atoms with Crippen molar-refractivity contribution >= 4 is 11.8 Å². The second-order valence-corrected chi connectivity index (χ2v) is 7.53. The van der Waals surface area contributed by atoms with Crippen LogP contribution in [0.15, 0.2) is 30.3 Å². The van der Waals surface area contributed by atoms with Crippen molar-refractivity contribution in [1.29, 1.82) is 0 Å². The molecule has 0 saturated heterocycles. The molecule has 0 aromatic heterocycles. The third-order valence-electron chi connectivity index (χ3n) is 5.81. The van der Waals surface area contributed by atoms with E-state index in [0.29, 0.717) is 47.3 Å². The number of benzene rings is 2. The van der Waals surface area contributed by atoms with Gasteiger partial charge in [-0.05, 0) is 35.4 Å². The summed E-state index contributed by atoms with van der Waals surface area (Å²) in [6.45, 7) is 0.706. The molecule has 1 aliphatic rings. The third kappa shape index (κ3) is 4.54. The van der Waals surface area contributed by atoms with Gasteiger partial charge in [0.2, 0.25) is 5.91 Å². The van der Waals surface area contributed by atoms with Crippen LogP contribution >= 0.6 is 0 Å². The lowest BCUT2D eigenvalue weighted by molar-refractivity contribution is -0.124. The summed E-state index contributed by atoms with van der Waals surface area (Å²) in [6, 6.07) is 8.10. The summed E-state index contributed by atoms with van der Waals surface area (Å²) in [6.07, 6.45) is 0. The number of carbonyl (C=O) groups excluding carboxylic acids is 2. The molecule has 0 saturated carbocycles. The Morgan fingerprint density at radius 3 is 2.12 bits per heavy atom. The Bertz CT molecular complexity index is 1020. The molecule has 0 bridgehead atoms. The smallest absolute Gasteiger partial charge is 0.254 e. The summed E-state index contributed by atoms with van der Waals surface area (Å²) < 4.78 is 26.7. The lowest BCUT2D eigenvalue weighted by Crippen LogP contribution is -2.46. The topological polar surface area (TPSA) is 95.6 Å². The number of carbonyl (C=O) groups is 2. The molecule has 1 aliphatic heterocycles. The average molecular weight is 459 g/mol. The predicted octanol–water partition coefficient (Wildman–Crippen LogP) is 2.39. The monoisotopic (exact) mass is 458 g/mol. The molecule has 9 heteroatoms. The zero-order chi connectivity index (χ0) is 24.1. The van der Waals surface area contributed by atoms with Gasteiger partial charge in [-0.15, -0.1) is 0 Å².